The molecule has 1 aliphatic rings. The molecule has 2 heterocycles. The van der Waals surface area contributed by atoms with Gasteiger partial charge in [-0.25, -0.2) is 9.78 Å². The van der Waals surface area contributed by atoms with Crippen LogP contribution in [0.3, 0.4) is 0 Å². The van der Waals surface area contributed by atoms with Gasteiger partial charge >= 0.3 is 6.09 Å². The van der Waals surface area contributed by atoms with Crippen LogP contribution in [0, 0.1) is 0 Å². The number of hydrogen-bond donors (Lipinski definition) is 0. The first-order valence-electron chi connectivity index (χ1n) is 9.96. The number of hydrogen-bond acceptors (Lipinski definition) is 4. The van der Waals surface area contributed by atoms with Crippen molar-refractivity contribution in [2.24, 2.45) is 0 Å². The van der Waals surface area contributed by atoms with E-state index in [0.717, 1.165) is 36.1 Å². The Hall–Kier alpha value is -3.34. The molecule has 1 aromatic heterocycles. The quantitative estimate of drug-likeness (QED) is 0.559. The molecule has 5 heteroatoms. The Morgan fingerprint density at radius 3 is 2.45 bits per heavy atom. The second-order valence-electron chi connectivity index (χ2n) is 7.09. The molecule has 0 bridgehead atoms. The first-order chi connectivity index (χ1) is 14.3. The van der Waals surface area contributed by atoms with Crippen molar-refractivity contribution >= 4 is 6.09 Å². The molecule has 0 unspecified atom stereocenters. The molecule has 1 atom stereocenters. The van der Waals surface area contributed by atoms with Gasteiger partial charge in [0.2, 0.25) is 5.88 Å². The molecule has 0 N–H and O–H groups in total. The van der Waals surface area contributed by atoms with Crippen molar-refractivity contribution in [1.82, 2.24) is 9.88 Å². The van der Waals surface area contributed by atoms with E-state index in [2.05, 4.69) is 4.98 Å². The Bertz CT molecular complexity index is 914. The molecule has 148 valence electrons. The van der Waals surface area contributed by atoms with E-state index in [9.17, 15) is 4.79 Å². The predicted molar refractivity (Wildman–Crippen MR) is 111 cm³/mol. The van der Waals surface area contributed by atoms with Crippen molar-refractivity contribution in [1.29, 1.82) is 0 Å². The number of para-hydroxylation sites is 1. The summed E-state index contributed by atoms with van der Waals surface area (Å²) in [5.41, 5.74) is 1.99. The van der Waals surface area contributed by atoms with E-state index < -0.39 is 0 Å². The average molecular weight is 388 g/mol. The van der Waals surface area contributed by atoms with E-state index >= 15 is 0 Å². The summed E-state index contributed by atoms with van der Waals surface area (Å²) in [6.45, 7) is 0.978. The zero-order valence-corrected chi connectivity index (χ0v) is 16.2. The maximum Gasteiger partial charge on any atom is 0.410 e. The van der Waals surface area contributed by atoms with Gasteiger partial charge in [-0.05, 0) is 42.5 Å². The van der Waals surface area contributed by atoms with Gasteiger partial charge in [0.1, 0.15) is 12.4 Å². The third-order valence-corrected chi connectivity index (χ3v) is 5.05. The van der Waals surface area contributed by atoms with Crippen molar-refractivity contribution in [2.45, 2.75) is 31.9 Å². The van der Waals surface area contributed by atoms with E-state index in [1.165, 1.54) is 0 Å². The number of piperidine rings is 1. The number of likely N-dealkylation sites (tertiary alicyclic amines) is 1. The van der Waals surface area contributed by atoms with E-state index in [4.69, 9.17) is 9.47 Å². The number of nitrogens with zero attached hydrogens (tertiary/aromatic N) is 2. The van der Waals surface area contributed by atoms with E-state index in [1.54, 1.807) is 6.20 Å². The van der Waals surface area contributed by atoms with Crippen LogP contribution >= 0.6 is 0 Å². The summed E-state index contributed by atoms with van der Waals surface area (Å²) in [6, 6.07) is 23.1. The van der Waals surface area contributed by atoms with Crippen LogP contribution in [0.1, 0.15) is 36.4 Å². The molecule has 1 aliphatic heterocycles. The number of carbonyl (C=O) groups is 1. The largest absolute Gasteiger partial charge is 0.445 e. The lowest BCUT2D eigenvalue weighted by Gasteiger charge is -2.35. The summed E-state index contributed by atoms with van der Waals surface area (Å²) in [7, 11) is 0. The van der Waals surface area contributed by atoms with Crippen molar-refractivity contribution < 1.29 is 14.3 Å². The molecule has 29 heavy (non-hydrogen) atoms. The number of ether oxygens (including phenoxy) is 2. The molecule has 1 saturated heterocycles. The van der Waals surface area contributed by atoms with Gasteiger partial charge in [-0.1, -0.05) is 54.6 Å². The highest BCUT2D eigenvalue weighted by Crippen LogP contribution is 2.32. The number of carbonyl (C=O) groups excluding carboxylic acids is 1. The van der Waals surface area contributed by atoms with E-state index in [1.807, 2.05) is 77.7 Å². The van der Waals surface area contributed by atoms with Gasteiger partial charge in [0.25, 0.3) is 0 Å². The maximum absolute atomic E-state index is 12.7. The minimum Gasteiger partial charge on any atom is -0.445 e. The molecule has 1 fully saturated rings. The third-order valence-electron chi connectivity index (χ3n) is 5.05. The fourth-order valence-corrected chi connectivity index (χ4v) is 3.56. The number of amides is 1. The van der Waals surface area contributed by atoms with E-state index in [0.29, 0.717) is 12.4 Å². The van der Waals surface area contributed by atoms with Crippen LogP contribution < -0.4 is 4.74 Å². The van der Waals surface area contributed by atoms with Crippen LogP contribution in [-0.2, 0) is 11.3 Å². The molecule has 0 radical (unpaired) electrons. The molecule has 5 nitrogen and oxygen atoms in total. The number of aromatic nitrogens is 1. The van der Waals surface area contributed by atoms with Crippen LogP contribution in [0.4, 0.5) is 4.79 Å². The lowest BCUT2D eigenvalue weighted by molar-refractivity contribution is 0.0678. The standard InChI is InChI=1S/C24H24N2O3/c27-24(28-18-19-9-3-1-4-10-19)26-16-8-7-13-22(26)20-14-15-23(25-17-20)29-21-11-5-2-6-12-21/h1-6,9-12,14-15,17,22H,7-8,13,16,18H2/t22-/m0/s1. The maximum atomic E-state index is 12.7. The molecule has 0 spiro atoms. The average Bonchev–Trinajstić information content (AvgIpc) is 2.79. The van der Waals surface area contributed by atoms with Crippen molar-refractivity contribution in [3.05, 3.63) is 90.1 Å². The Kier molecular flexibility index (Phi) is 6.05. The minimum absolute atomic E-state index is 0.0229. The Balaban J connectivity index is 1.42. The second-order valence-corrected chi connectivity index (χ2v) is 7.09. The van der Waals surface area contributed by atoms with Crippen molar-refractivity contribution in [3.63, 3.8) is 0 Å². The van der Waals surface area contributed by atoms with Crippen LogP contribution in [0.2, 0.25) is 0 Å². The smallest absolute Gasteiger partial charge is 0.410 e. The molecular weight excluding hydrogens is 364 g/mol. The molecule has 1 amide bonds. The Morgan fingerprint density at radius 1 is 0.966 bits per heavy atom. The van der Waals surface area contributed by atoms with Crippen LogP contribution in [0.5, 0.6) is 11.6 Å². The summed E-state index contributed by atoms with van der Waals surface area (Å²) in [5, 5.41) is 0. The SMILES string of the molecule is O=C(OCc1ccccc1)N1CCCC[C@H]1c1ccc(Oc2ccccc2)nc1. The number of rotatable bonds is 5. The van der Waals surface area contributed by atoms with Gasteiger partial charge in [0.15, 0.2) is 0 Å². The molecular formula is C24H24N2O3. The van der Waals surface area contributed by atoms with Gasteiger partial charge < -0.3 is 14.4 Å². The van der Waals surface area contributed by atoms with Gasteiger partial charge in [-0.3, -0.25) is 0 Å². The first kappa shape index (κ1) is 19.0. The second kappa shape index (κ2) is 9.24. The van der Waals surface area contributed by atoms with Crippen LogP contribution in [0.15, 0.2) is 79.0 Å². The lowest BCUT2D eigenvalue weighted by Crippen LogP contribution is -2.38. The highest BCUT2D eigenvalue weighted by molar-refractivity contribution is 5.68. The fourth-order valence-electron chi connectivity index (χ4n) is 3.56. The normalized spacial score (nSPS) is 16.3. The monoisotopic (exact) mass is 388 g/mol. The third kappa shape index (κ3) is 4.93. The van der Waals surface area contributed by atoms with Gasteiger partial charge in [-0.2, -0.15) is 0 Å². The molecule has 2 aromatic carbocycles. The van der Waals surface area contributed by atoms with Crippen molar-refractivity contribution in [3.8, 4) is 11.6 Å². The van der Waals surface area contributed by atoms with Crippen LogP contribution in [0.25, 0.3) is 0 Å². The zero-order chi connectivity index (χ0) is 19.9. The summed E-state index contributed by atoms with van der Waals surface area (Å²) >= 11 is 0. The topological polar surface area (TPSA) is 51.7 Å². The predicted octanol–water partition coefficient (Wildman–Crippen LogP) is 5.74. The van der Waals surface area contributed by atoms with Gasteiger partial charge in [-0.15, -0.1) is 0 Å². The summed E-state index contributed by atoms with van der Waals surface area (Å²) < 4.78 is 11.3. The minimum atomic E-state index is -0.275. The zero-order valence-electron chi connectivity index (χ0n) is 16.2. The first-order valence-corrected chi connectivity index (χ1v) is 9.96. The lowest BCUT2D eigenvalue weighted by atomic mass is 9.97. The van der Waals surface area contributed by atoms with Crippen LogP contribution in [-0.4, -0.2) is 22.5 Å². The fraction of sp³-hybridized carbons (Fsp3) is 0.250. The number of benzene rings is 2. The van der Waals surface area contributed by atoms with Gasteiger partial charge in [0, 0.05) is 18.8 Å². The summed E-state index contributed by atoms with van der Waals surface area (Å²) in [6.07, 6.45) is 4.49. The van der Waals surface area contributed by atoms with Gasteiger partial charge in [0.05, 0.1) is 6.04 Å². The molecule has 4 rings (SSSR count). The summed E-state index contributed by atoms with van der Waals surface area (Å²) in [4.78, 5) is 19.0. The summed E-state index contributed by atoms with van der Waals surface area (Å²) in [5.74, 6) is 1.28. The molecule has 3 aromatic rings. The number of pyridine rings is 1. The highest BCUT2D eigenvalue weighted by Gasteiger charge is 2.29. The molecule has 0 aliphatic carbocycles. The Labute approximate surface area is 170 Å². The Morgan fingerprint density at radius 2 is 1.72 bits per heavy atom. The van der Waals surface area contributed by atoms with Crippen molar-refractivity contribution in [2.75, 3.05) is 6.54 Å². The van der Waals surface area contributed by atoms with E-state index in [-0.39, 0.29) is 18.7 Å². The highest BCUT2D eigenvalue weighted by atomic mass is 16.6. The molecule has 0 saturated carbocycles.